The smallest absolute Gasteiger partial charge is 0.146 e. The van der Waals surface area contributed by atoms with E-state index in [1.54, 1.807) is 19.5 Å². The number of methoxy groups -OCH3 is 1. The molecule has 4 aromatic rings. The molecule has 0 radical (unpaired) electrons. The van der Waals surface area contributed by atoms with E-state index in [2.05, 4.69) is 11.6 Å². The van der Waals surface area contributed by atoms with Crippen LogP contribution in [0.15, 0.2) is 67.5 Å². The molecule has 0 unspecified atom stereocenters. The molecule has 124 valence electrons. The molecule has 0 aliphatic heterocycles. The number of aromatic nitrogens is 3. The fourth-order valence-corrected chi connectivity index (χ4v) is 2.81. The average molecular weight is 331 g/mol. The van der Waals surface area contributed by atoms with Gasteiger partial charge in [0.1, 0.15) is 35.8 Å². The summed E-state index contributed by atoms with van der Waals surface area (Å²) in [5.41, 5.74) is 2.65. The number of benzene rings is 2. The maximum Gasteiger partial charge on any atom is 0.146 e. The van der Waals surface area contributed by atoms with Crippen LogP contribution in [0.1, 0.15) is 0 Å². The highest BCUT2D eigenvalue weighted by atomic mass is 16.5. The van der Waals surface area contributed by atoms with Crippen molar-refractivity contribution in [2.75, 3.05) is 13.7 Å². The zero-order valence-corrected chi connectivity index (χ0v) is 13.8. The Bertz CT molecular complexity index is 1070. The third-order valence-electron chi connectivity index (χ3n) is 4.03. The van der Waals surface area contributed by atoms with E-state index in [-0.39, 0.29) is 0 Å². The number of hydrogen-bond donors (Lipinski definition) is 0. The highest BCUT2D eigenvalue weighted by Gasteiger charge is 2.10. The van der Waals surface area contributed by atoms with Gasteiger partial charge in [-0.2, -0.15) is 0 Å². The molecule has 0 bridgehead atoms. The molecule has 2 heterocycles. The molecule has 5 nitrogen and oxygen atoms in total. The second-order valence-corrected chi connectivity index (χ2v) is 5.57. The number of pyridine rings is 1. The molecule has 5 heteroatoms. The SMILES string of the molecule is C=CCOc1cccc2ccc(-n3cnc4cc(OC)ccc43)nc12. The van der Waals surface area contributed by atoms with Gasteiger partial charge >= 0.3 is 0 Å². The Morgan fingerprint density at radius 1 is 1.16 bits per heavy atom. The Morgan fingerprint density at radius 3 is 2.92 bits per heavy atom. The van der Waals surface area contributed by atoms with Gasteiger partial charge in [0.2, 0.25) is 0 Å². The summed E-state index contributed by atoms with van der Waals surface area (Å²) in [7, 11) is 1.65. The monoisotopic (exact) mass is 331 g/mol. The van der Waals surface area contributed by atoms with Crippen LogP contribution in [0.4, 0.5) is 0 Å². The number of rotatable bonds is 5. The van der Waals surface area contributed by atoms with E-state index in [4.69, 9.17) is 14.5 Å². The first-order chi connectivity index (χ1) is 12.3. The van der Waals surface area contributed by atoms with Crippen molar-refractivity contribution in [1.29, 1.82) is 0 Å². The zero-order chi connectivity index (χ0) is 17.2. The van der Waals surface area contributed by atoms with Crippen molar-refractivity contribution in [3.63, 3.8) is 0 Å². The van der Waals surface area contributed by atoms with Gasteiger partial charge in [0.05, 0.1) is 18.1 Å². The lowest BCUT2D eigenvalue weighted by Gasteiger charge is -2.09. The first kappa shape index (κ1) is 15.2. The topological polar surface area (TPSA) is 49.2 Å². The number of fused-ring (bicyclic) bond motifs is 2. The van der Waals surface area contributed by atoms with Crippen molar-refractivity contribution < 1.29 is 9.47 Å². The second kappa shape index (κ2) is 6.28. The van der Waals surface area contributed by atoms with E-state index in [1.165, 1.54) is 0 Å². The fraction of sp³-hybridized carbons (Fsp3) is 0.100. The molecular weight excluding hydrogens is 314 g/mol. The third kappa shape index (κ3) is 2.70. The number of imidazole rings is 1. The maximum absolute atomic E-state index is 5.74. The van der Waals surface area contributed by atoms with Crippen LogP contribution in [-0.4, -0.2) is 28.3 Å². The Morgan fingerprint density at radius 2 is 2.08 bits per heavy atom. The molecule has 0 fully saturated rings. The van der Waals surface area contributed by atoms with Gasteiger partial charge in [-0.25, -0.2) is 9.97 Å². The highest BCUT2D eigenvalue weighted by molar-refractivity contribution is 5.86. The first-order valence-corrected chi connectivity index (χ1v) is 7.95. The molecule has 4 rings (SSSR count). The Kier molecular flexibility index (Phi) is 3.82. The van der Waals surface area contributed by atoms with Gasteiger partial charge in [0.15, 0.2) is 0 Å². The van der Waals surface area contributed by atoms with Crippen LogP contribution in [0.2, 0.25) is 0 Å². The fourth-order valence-electron chi connectivity index (χ4n) is 2.81. The van der Waals surface area contributed by atoms with Crippen molar-refractivity contribution in [3.05, 3.63) is 67.5 Å². The van der Waals surface area contributed by atoms with Crippen molar-refractivity contribution >= 4 is 21.9 Å². The van der Waals surface area contributed by atoms with Gasteiger partial charge in [-0.3, -0.25) is 4.57 Å². The standard InChI is InChI=1S/C20H17N3O2/c1-3-11-25-18-6-4-5-14-7-10-19(22-20(14)18)23-13-21-16-12-15(24-2)8-9-17(16)23/h3-10,12-13H,1,11H2,2H3. The van der Waals surface area contributed by atoms with Crippen LogP contribution in [-0.2, 0) is 0 Å². The van der Waals surface area contributed by atoms with Crippen LogP contribution in [0.3, 0.4) is 0 Å². The van der Waals surface area contributed by atoms with Gasteiger partial charge in [-0.1, -0.05) is 24.8 Å². The summed E-state index contributed by atoms with van der Waals surface area (Å²) >= 11 is 0. The van der Waals surface area contributed by atoms with Gasteiger partial charge in [0.25, 0.3) is 0 Å². The lowest BCUT2D eigenvalue weighted by atomic mass is 10.2. The molecule has 0 aliphatic rings. The summed E-state index contributed by atoms with van der Waals surface area (Å²) in [6.07, 6.45) is 3.49. The Balaban J connectivity index is 1.85. The lowest BCUT2D eigenvalue weighted by Crippen LogP contribution is -1.99. The van der Waals surface area contributed by atoms with Gasteiger partial charge in [-0.05, 0) is 30.3 Å². The minimum Gasteiger partial charge on any atom is -0.497 e. The van der Waals surface area contributed by atoms with Crippen molar-refractivity contribution in [1.82, 2.24) is 14.5 Å². The summed E-state index contributed by atoms with van der Waals surface area (Å²) in [6.45, 7) is 4.14. The summed E-state index contributed by atoms with van der Waals surface area (Å²) in [5, 5.41) is 1.02. The Labute approximate surface area is 145 Å². The number of ether oxygens (including phenoxy) is 2. The molecule has 0 saturated heterocycles. The summed E-state index contributed by atoms with van der Waals surface area (Å²) < 4.78 is 13.0. The van der Waals surface area contributed by atoms with Crippen LogP contribution in [0, 0.1) is 0 Å². The first-order valence-electron chi connectivity index (χ1n) is 7.95. The van der Waals surface area contributed by atoms with Crippen molar-refractivity contribution in [2.24, 2.45) is 0 Å². The predicted octanol–water partition coefficient (Wildman–Crippen LogP) is 4.15. The molecule has 25 heavy (non-hydrogen) atoms. The molecule has 2 aromatic carbocycles. The van der Waals surface area contributed by atoms with E-state index in [1.807, 2.05) is 53.1 Å². The molecule has 0 atom stereocenters. The van der Waals surface area contributed by atoms with E-state index in [9.17, 15) is 0 Å². The van der Waals surface area contributed by atoms with Gasteiger partial charge in [0, 0.05) is 11.5 Å². The Hall–Kier alpha value is -3.34. The third-order valence-corrected chi connectivity index (χ3v) is 4.03. The molecular formula is C20H17N3O2. The van der Waals surface area contributed by atoms with E-state index in [0.29, 0.717) is 6.61 Å². The average Bonchev–Trinajstić information content (AvgIpc) is 3.09. The molecule has 0 saturated carbocycles. The quantitative estimate of drug-likeness (QED) is 0.516. The second-order valence-electron chi connectivity index (χ2n) is 5.57. The van der Waals surface area contributed by atoms with Crippen molar-refractivity contribution in [3.8, 4) is 17.3 Å². The van der Waals surface area contributed by atoms with Gasteiger partial charge < -0.3 is 9.47 Å². The summed E-state index contributed by atoms with van der Waals surface area (Å²) in [4.78, 5) is 9.25. The van der Waals surface area contributed by atoms with Crippen LogP contribution >= 0.6 is 0 Å². The minimum atomic E-state index is 0.443. The summed E-state index contributed by atoms with van der Waals surface area (Å²) in [5.74, 6) is 2.31. The normalized spacial score (nSPS) is 10.9. The van der Waals surface area contributed by atoms with Crippen LogP contribution in [0.25, 0.3) is 27.8 Å². The van der Waals surface area contributed by atoms with E-state index < -0.39 is 0 Å². The van der Waals surface area contributed by atoms with Crippen LogP contribution in [0.5, 0.6) is 11.5 Å². The number of nitrogens with zero attached hydrogens (tertiary/aromatic N) is 3. The molecule has 0 amide bonds. The van der Waals surface area contributed by atoms with Gasteiger partial charge in [-0.15, -0.1) is 0 Å². The molecule has 0 spiro atoms. The molecule has 2 aromatic heterocycles. The largest absolute Gasteiger partial charge is 0.497 e. The lowest BCUT2D eigenvalue weighted by molar-refractivity contribution is 0.367. The summed E-state index contributed by atoms with van der Waals surface area (Å²) in [6, 6.07) is 15.7. The van der Waals surface area contributed by atoms with Crippen molar-refractivity contribution in [2.45, 2.75) is 0 Å². The molecule has 0 N–H and O–H groups in total. The molecule has 0 aliphatic carbocycles. The highest BCUT2D eigenvalue weighted by Crippen LogP contribution is 2.27. The van der Waals surface area contributed by atoms with E-state index >= 15 is 0 Å². The maximum atomic E-state index is 5.74. The number of hydrogen-bond acceptors (Lipinski definition) is 4. The van der Waals surface area contributed by atoms with Crippen LogP contribution < -0.4 is 9.47 Å². The van der Waals surface area contributed by atoms with E-state index in [0.717, 1.165) is 39.3 Å². The number of para-hydroxylation sites is 1. The minimum absolute atomic E-state index is 0.443. The zero-order valence-electron chi connectivity index (χ0n) is 13.8. The predicted molar refractivity (Wildman–Crippen MR) is 98.6 cm³/mol.